The molecule has 0 aliphatic rings. The van der Waals surface area contributed by atoms with Crippen molar-refractivity contribution in [2.24, 2.45) is 0 Å². The molecule has 0 saturated heterocycles. The van der Waals surface area contributed by atoms with Gasteiger partial charge >= 0.3 is 7.60 Å². The van der Waals surface area contributed by atoms with Gasteiger partial charge in [-0.05, 0) is 17.2 Å². The molecule has 0 heterocycles. The van der Waals surface area contributed by atoms with E-state index in [0.717, 1.165) is 15.6 Å². The molecule has 0 amide bonds. The number of halogens is 1. The largest absolute Gasteiger partial charge is 0.392 e. The van der Waals surface area contributed by atoms with Crippen LogP contribution in [0.4, 0.5) is 0 Å². The third-order valence-corrected chi connectivity index (χ3v) is 4.83. The summed E-state index contributed by atoms with van der Waals surface area (Å²) in [6.07, 6.45) is 0.175. The number of benzene rings is 1. The van der Waals surface area contributed by atoms with Crippen molar-refractivity contribution in [3.8, 4) is 0 Å². The highest BCUT2D eigenvalue weighted by Gasteiger charge is 2.22. The molecule has 4 nitrogen and oxygen atoms in total. The molecule has 1 aromatic rings. The number of aliphatic hydroxyl groups excluding tert-OH is 1. The summed E-state index contributed by atoms with van der Waals surface area (Å²) in [5.41, 5.74) is 1.55. The summed E-state index contributed by atoms with van der Waals surface area (Å²) >= 11 is 3.36. The van der Waals surface area contributed by atoms with E-state index in [0.29, 0.717) is 0 Å². The molecule has 0 saturated carbocycles. The quantitative estimate of drug-likeness (QED) is 0.850. The lowest BCUT2D eigenvalue weighted by atomic mass is 10.1. The van der Waals surface area contributed by atoms with Gasteiger partial charge in [0.05, 0.1) is 12.8 Å². The van der Waals surface area contributed by atoms with Crippen LogP contribution in [-0.4, -0.2) is 19.3 Å². The monoisotopic (exact) mass is 308 g/mol. The van der Waals surface area contributed by atoms with Crippen molar-refractivity contribution in [2.75, 3.05) is 14.2 Å². The molecule has 6 heteroatoms. The maximum Gasteiger partial charge on any atom is 0.334 e. The van der Waals surface area contributed by atoms with Crippen LogP contribution in [0.3, 0.4) is 0 Å². The zero-order chi connectivity index (χ0) is 12.2. The van der Waals surface area contributed by atoms with Gasteiger partial charge < -0.3 is 14.2 Å². The number of rotatable bonds is 5. The third kappa shape index (κ3) is 3.40. The molecule has 0 aliphatic carbocycles. The summed E-state index contributed by atoms with van der Waals surface area (Å²) in [5, 5.41) is 9.02. The van der Waals surface area contributed by atoms with Crippen LogP contribution in [0.25, 0.3) is 0 Å². The normalized spacial score (nSPS) is 11.8. The van der Waals surface area contributed by atoms with Gasteiger partial charge in [0.25, 0.3) is 0 Å². The summed E-state index contributed by atoms with van der Waals surface area (Å²) in [6.45, 7) is -0.0510. The van der Waals surface area contributed by atoms with Crippen LogP contribution in [0.2, 0.25) is 0 Å². The van der Waals surface area contributed by atoms with Crippen molar-refractivity contribution in [1.29, 1.82) is 0 Å². The molecular formula is C10H14BrO4P. The Morgan fingerprint density at radius 1 is 1.38 bits per heavy atom. The van der Waals surface area contributed by atoms with Crippen LogP contribution in [-0.2, 0) is 26.4 Å². The molecule has 1 rings (SSSR count). The van der Waals surface area contributed by atoms with Gasteiger partial charge in [0.15, 0.2) is 0 Å². The molecule has 0 unspecified atom stereocenters. The van der Waals surface area contributed by atoms with Gasteiger partial charge in [0.1, 0.15) is 0 Å². The lowest BCUT2D eigenvalue weighted by Gasteiger charge is -2.15. The predicted octanol–water partition coefficient (Wildman–Crippen LogP) is 2.93. The molecule has 0 bridgehead atoms. The van der Waals surface area contributed by atoms with Crippen LogP contribution in [0, 0.1) is 0 Å². The fourth-order valence-electron chi connectivity index (χ4n) is 1.26. The summed E-state index contributed by atoms with van der Waals surface area (Å²) in [6, 6.07) is 5.36. The van der Waals surface area contributed by atoms with E-state index >= 15 is 0 Å². The topological polar surface area (TPSA) is 55.8 Å². The highest BCUT2D eigenvalue weighted by atomic mass is 79.9. The summed E-state index contributed by atoms with van der Waals surface area (Å²) in [4.78, 5) is 0. The van der Waals surface area contributed by atoms with Crippen LogP contribution in [0.15, 0.2) is 22.7 Å². The molecule has 0 atom stereocenters. The molecule has 90 valence electrons. The van der Waals surface area contributed by atoms with E-state index in [-0.39, 0.29) is 12.8 Å². The van der Waals surface area contributed by atoms with E-state index < -0.39 is 7.60 Å². The number of hydrogen-bond donors (Lipinski definition) is 1. The second-order valence-electron chi connectivity index (χ2n) is 3.22. The zero-order valence-corrected chi connectivity index (χ0v) is 11.6. The molecule has 0 aliphatic heterocycles. The predicted molar refractivity (Wildman–Crippen MR) is 65.4 cm³/mol. The van der Waals surface area contributed by atoms with Crippen LogP contribution in [0.5, 0.6) is 0 Å². The molecule has 0 aromatic heterocycles. The van der Waals surface area contributed by atoms with Crippen LogP contribution in [0.1, 0.15) is 11.1 Å². The number of hydrogen-bond acceptors (Lipinski definition) is 4. The van der Waals surface area contributed by atoms with Crippen molar-refractivity contribution in [3.05, 3.63) is 33.8 Å². The molecule has 16 heavy (non-hydrogen) atoms. The highest BCUT2D eigenvalue weighted by molar-refractivity contribution is 9.10. The standard InChI is InChI=1S/C10H14BrO4P/c1-14-16(13,15-2)7-9-5-8(6-12)3-4-10(9)11/h3-5,12H,6-7H2,1-2H3. The summed E-state index contributed by atoms with van der Waals surface area (Å²) in [5.74, 6) is 0. The maximum atomic E-state index is 11.9. The van der Waals surface area contributed by atoms with Crippen LogP contribution < -0.4 is 0 Å². The lowest BCUT2D eigenvalue weighted by molar-refractivity contribution is 0.274. The van der Waals surface area contributed by atoms with Crippen LogP contribution >= 0.6 is 23.5 Å². The van der Waals surface area contributed by atoms with Crippen molar-refractivity contribution in [3.63, 3.8) is 0 Å². The van der Waals surface area contributed by atoms with Crippen molar-refractivity contribution >= 4 is 23.5 Å². The fraction of sp³-hybridized carbons (Fsp3) is 0.400. The second kappa shape index (κ2) is 5.94. The lowest BCUT2D eigenvalue weighted by Crippen LogP contribution is -1.96. The van der Waals surface area contributed by atoms with Gasteiger partial charge in [-0.25, -0.2) is 0 Å². The first kappa shape index (κ1) is 13.9. The van der Waals surface area contributed by atoms with E-state index in [9.17, 15) is 4.57 Å². The minimum Gasteiger partial charge on any atom is -0.392 e. The van der Waals surface area contributed by atoms with Gasteiger partial charge in [-0.1, -0.05) is 28.1 Å². The Morgan fingerprint density at radius 2 is 2.00 bits per heavy atom. The Kier molecular flexibility index (Phi) is 5.15. The average Bonchev–Trinajstić information content (AvgIpc) is 2.32. The first-order valence-electron chi connectivity index (χ1n) is 4.63. The van der Waals surface area contributed by atoms with Crippen molar-refractivity contribution in [2.45, 2.75) is 12.8 Å². The van der Waals surface area contributed by atoms with Gasteiger partial charge in [-0.15, -0.1) is 0 Å². The van der Waals surface area contributed by atoms with Gasteiger partial charge in [0, 0.05) is 18.7 Å². The minimum atomic E-state index is -3.07. The molecule has 0 radical (unpaired) electrons. The molecule has 1 N–H and O–H groups in total. The van der Waals surface area contributed by atoms with E-state index in [1.165, 1.54) is 14.2 Å². The third-order valence-electron chi connectivity index (χ3n) is 2.21. The Labute approximate surface area is 103 Å². The fourth-order valence-corrected chi connectivity index (χ4v) is 2.95. The molecule has 0 fully saturated rings. The van der Waals surface area contributed by atoms with Crippen molar-refractivity contribution in [1.82, 2.24) is 0 Å². The van der Waals surface area contributed by atoms with Crippen molar-refractivity contribution < 1.29 is 18.7 Å². The SMILES string of the molecule is COP(=O)(Cc1cc(CO)ccc1Br)OC. The molecule has 1 aromatic carbocycles. The average molecular weight is 309 g/mol. The van der Waals surface area contributed by atoms with Gasteiger partial charge in [0.2, 0.25) is 0 Å². The van der Waals surface area contributed by atoms with E-state index in [1.54, 1.807) is 18.2 Å². The molecule has 0 spiro atoms. The van der Waals surface area contributed by atoms with Gasteiger partial charge in [-0.2, -0.15) is 0 Å². The molecular weight excluding hydrogens is 295 g/mol. The summed E-state index contributed by atoms with van der Waals surface area (Å²) < 4.78 is 22.5. The summed E-state index contributed by atoms with van der Waals surface area (Å²) in [7, 11) is -0.361. The Morgan fingerprint density at radius 3 is 2.50 bits per heavy atom. The smallest absolute Gasteiger partial charge is 0.334 e. The first-order chi connectivity index (χ1) is 7.54. The van der Waals surface area contributed by atoms with E-state index in [1.807, 2.05) is 0 Å². The van der Waals surface area contributed by atoms with Gasteiger partial charge in [-0.3, -0.25) is 4.57 Å². The Bertz CT molecular complexity index is 400. The maximum absolute atomic E-state index is 11.9. The zero-order valence-electron chi connectivity index (χ0n) is 9.14. The first-order valence-corrected chi connectivity index (χ1v) is 7.15. The Balaban J connectivity index is 3.00. The van der Waals surface area contributed by atoms with E-state index in [4.69, 9.17) is 14.2 Å². The number of aliphatic hydroxyl groups is 1. The second-order valence-corrected chi connectivity index (χ2v) is 6.34. The highest BCUT2D eigenvalue weighted by Crippen LogP contribution is 2.50. The Hall–Kier alpha value is -0.190. The minimum absolute atomic E-state index is 0.0510. The van der Waals surface area contributed by atoms with E-state index in [2.05, 4.69) is 15.9 Å².